The maximum atomic E-state index is 12.1. The molecule has 0 bridgehead atoms. The van der Waals surface area contributed by atoms with Crippen LogP contribution in [0.2, 0.25) is 5.02 Å². The van der Waals surface area contributed by atoms with Crippen molar-refractivity contribution in [2.75, 3.05) is 12.4 Å². The van der Waals surface area contributed by atoms with Crippen LogP contribution in [0.4, 0.5) is 5.69 Å². The molecule has 0 aromatic heterocycles. The van der Waals surface area contributed by atoms with Crippen LogP contribution in [0.3, 0.4) is 0 Å². The molecule has 0 radical (unpaired) electrons. The minimum absolute atomic E-state index is 0.158. The Bertz CT molecular complexity index is 616. The third kappa shape index (κ3) is 3.39. The molecule has 3 nitrogen and oxygen atoms in total. The zero-order valence-electron chi connectivity index (χ0n) is 10.1. The van der Waals surface area contributed by atoms with Crippen LogP contribution in [0.1, 0.15) is 10.4 Å². The molecular weight excluding hydrogens is 377 g/mol. The minimum Gasteiger partial charge on any atom is -0.495 e. The number of amides is 1. The lowest BCUT2D eigenvalue weighted by Gasteiger charge is -2.09. The molecule has 0 aliphatic carbocycles. The first-order valence-electron chi connectivity index (χ1n) is 5.51. The molecule has 0 aliphatic rings. The molecule has 0 aliphatic heterocycles. The lowest BCUT2D eigenvalue weighted by atomic mass is 10.2. The standard InChI is InChI=1S/C14H11ClINO2/c1-19-13-8-9(6-7-11(13)15)17-14(18)10-4-2-3-5-12(10)16/h2-8H,1H3,(H,17,18). The SMILES string of the molecule is COc1cc(NC(=O)c2ccccc2I)ccc1Cl. The van der Waals surface area contributed by atoms with Gasteiger partial charge >= 0.3 is 0 Å². The molecule has 5 heteroatoms. The predicted molar refractivity (Wildman–Crippen MR) is 85.1 cm³/mol. The number of benzene rings is 2. The number of carbonyl (C=O) groups excluding carboxylic acids is 1. The predicted octanol–water partition coefficient (Wildman–Crippen LogP) is 4.21. The lowest BCUT2D eigenvalue weighted by molar-refractivity contribution is 0.102. The number of methoxy groups -OCH3 is 1. The van der Waals surface area contributed by atoms with Crippen LogP contribution in [0.25, 0.3) is 0 Å². The number of ether oxygens (including phenoxy) is 1. The van der Waals surface area contributed by atoms with E-state index in [0.717, 1.165) is 3.57 Å². The molecule has 0 spiro atoms. The van der Waals surface area contributed by atoms with E-state index in [9.17, 15) is 4.79 Å². The summed E-state index contributed by atoms with van der Waals surface area (Å²) < 4.78 is 6.01. The highest BCUT2D eigenvalue weighted by Crippen LogP contribution is 2.27. The van der Waals surface area contributed by atoms with Crippen molar-refractivity contribution in [2.45, 2.75) is 0 Å². The van der Waals surface area contributed by atoms with Gasteiger partial charge in [-0.05, 0) is 46.9 Å². The van der Waals surface area contributed by atoms with Crippen molar-refractivity contribution in [1.82, 2.24) is 0 Å². The summed E-state index contributed by atoms with van der Waals surface area (Å²) in [5.41, 5.74) is 1.28. The van der Waals surface area contributed by atoms with Gasteiger partial charge in [-0.2, -0.15) is 0 Å². The maximum Gasteiger partial charge on any atom is 0.256 e. The van der Waals surface area contributed by atoms with Crippen LogP contribution >= 0.6 is 34.2 Å². The van der Waals surface area contributed by atoms with E-state index in [1.807, 2.05) is 18.2 Å². The Balaban J connectivity index is 2.22. The Labute approximate surface area is 130 Å². The largest absolute Gasteiger partial charge is 0.495 e. The van der Waals surface area contributed by atoms with Crippen LogP contribution < -0.4 is 10.1 Å². The fraction of sp³-hybridized carbons (Fsp3) is 0.0714. The van der Waals surface area contributed by atoms with Crippen molar-refractivity contribution < 1.29 is 9.53 Å². The number of carbonyl (C=O) groups is 1. The first-order valence-corrected chi connectivity index (χ1v) is 6.97. The van der Waals surface area contributed by atoms with Gasteiger partial charge in [-0.3, -0.25) is 4.79 Å². The molecule has 0 heterocycles. The zero-order valence-corrected chi connectivity index (χ0v) is 13.0. The highest BCUT2D eigenvalue weighted by molar-refractivity contribution is 14.1. The van der Waals surface area contributed by atoms with E-state index in [4.69, 9.17) is 16.3 Å². The summed E-state index contributed by atoms with van der Waals surface area (Å²) in [6.07, 6.45) is 0. The minimum atomic E-state index is -0.158. The van der Waals surface area contributed by atoms with E-state index >= 15 is 0 Å². The normalized spacial score (nSPS) is 10.1. The van der Waals surface area contributed by atoms with Crippen molar-refractivity contribution in [1.29, 1.82) is 0 Å². The van der Waals surface area contributed by atoms with Gasteiger partial charge in [-0.15, -0.1) is 0 Å². The van der Waals surface area contributed by atoms with Crippen molar-refractivity contribution in [3.63, 3.8) is 0 Å². The Morgan fingerprint density at radius 3 is 2.68 bits per heavy atom. The average molecular weight is 388 g/mol. The van der Waals surface area contributed by atoms with Crippen LogP contribution in [-0.4, -0.2) is 13.0 Å². The van der Waals surface area contributed by atoms with E-state index in [1.54, 1.807) is 24.3 Å². The first-order chi connectivity index (χ1) is 9.11. The number of rotatable bonds is 3. The average Bonchev–Trinajstić information content (AvgIpc) is 2.41. The third-order valence-corrected chi connectivity index (χ3v) is 3.78. The summed E-state index contributed by atoms with van der Waals surface area (Å²) >= 11 is 8.07. The van der Waals surface area contributed by atoms with Gasteiger partial charge in [0, 0.05) is 15.3 Å². The number of nitrogens with one attached hydrogen (secondary N) is 1. The van der Waals surface area contributed by atoms with E-state index in [1.165, 1.54) is 7.11 Å². The Hall–Kier alpha value is -1.27. The summed E-state index contributed by atoms with van der Waals surface area (Å²) in [7, 11) is 1.53. The Morgan fingerprint density at radius 2 is 2.00 bits per heavy atom. The van der Waals surface area contributed by atoms with Gasteiger partial charge in [0.2, 0.25) is 0 Å². The molecule has 1 N–H and O–H groups in total. The van der Waals surface area contributed by atoms with E-state index in [0.29, 0.717) is 22.0 Å². The van der Waals surface area contributed by atoms with E-state index < -0.39 is 0 Å². The molecular formula is C14H11ClINO2. The fourth-order valence-electron chi connectivity index (χ4n) is 1.58. The summed E-state index contributed by atoms with van der Waals surface area (Å²) in [4.78, 5) is 12.1. The zero-order chi connectivity index (χ0) is 13.8. The second-order valence-electron chi connectivity index (χ2n) is 3.78. The molecule has 2 aromatic carbocycles. The van der Waals surface area contributed by atoms with Crippen molar-refractivity contribution >= 4 is 45.8 Å². The molecule has 0 saturated carbocycles. The topological polar surface area (TPSA) is 38.3 Å². The molecule has 1 amide bonds. The van der Waals surface area contributed by atoms with Crippen molar-refractivity contribution in [3.8, 4) is 5.75 Å². The van der Waals surface area contributed by atoms with Gasteiger partial charge in [0.25, 0.3) is 5.91 Å². The van der Waals surface area contributed by atoms with Crippen LogP contribution in [0.15, 0.2) is 42.5 Å². The molecule has 0 saturated heterocycles. The summed E-state index contributed by atoms with van der Waals surface area (Å²) in [5.74, 6) is 0.372. The van der Waals surface area contributed by atoms with Crippen LogP contribution in [0, 0.1) is 3.57 Å². The van der Waals surface area contributed by atoms with Gasteiger partial charge in [0.1, 0.15) is 5.75 Å². The van der Waals surface area contributed by atoms with E-state index in [-0.39, 0.29) is 5.91 Å². The summed E-state index contributed by atoms with van der Waals surface area (Å²) in [6, 6.07) is 12.5. The maximum absolute atomic E-state index is 12.1. The van der Waals surface area contributed by atoms with Gasteiger partial charge in [0.15, 0.2) is 0 Å². The molecule has 0 fully saturated rings. The molecule has 2 rings (SSSR count). The molecule has 98 valence electrons. The number of halogens is 2. The second kappa shape index (κ2) is 6.25. The van der Waals surface area contributed by atoms with Crippen molar-refractivity contribution in [2.24, 2.45) is 0 Å². The van der Waals surface area contributed by atoms with Gasteiger partial charge in [-0.1, -0.05) is 23.7 Å². The number of hydrogen-bond acceptors (Lipinski definition) is 2. The van der Waals surface area contributed by atoms with Crippen LogP contribution in [0.5, 0.6) is 5.75 Å². The summed E-state index contributed by atoms with van der Waals surface area (Å²) in [5, 5.41) is 3.33. The molecule has 2 aromatic rings. The fourth-order valence-corrected chi connectivity index (χ4v) is 2.41. The smallest absolute Gasteiger partial charge is 0.256 e. The Morgan fingerprint density at radius 1 is 1.26 bits per heavy atom. The highest BCUT2D eigenvalue weighted by Gasteiger charge is 2.10. The van der Waals surface area contributed by atoms with Crippen LogP contribution in [-0.2, 0) is 0 Å². The van der Waals surface area contributed by atoms with E-state index in [2.05, 4.69) is 27.9 Å². The monoisotopic (exact) mass is 387 g/mol. The summed E-state index contributed by atoms with van der Waals surface area (Å²) in [6.45, 7) is 0. The lowest BCUT2D eigenvalue weighted by Crippen LogP contribution is -2.13. The number of hydrogen-bond donors (Lipinski definition) is 1. The molecule has 0 atom stereocenters. The quantitative estimate of drug-likeness (QED) is 0.802. The molecule has 0 unspecified atom stereocenters. The van der Waals surface area contributed by atoms with Gasteiger partial charge < -0.3 is 10.1 Å². The number of anilines is 1. The second-order valence-corrected chi connectivity index (χ2v) is 5.35. The van der Waals surface area contributed by atoms with Crippen molar-refractivity contribution in [3.05, 3.63) is 56.6 Å². The third-order valence-electron chi connectivity index (χ3n) is 2.53. The highest BCUT2D eigenvalue weighted by atomic mass is 127. The van der Waals surface area contributed by atoms with Gasteiger partial charge in [-0.25, -0.2) is 0 Å². The molecule has 19 heavy (non-hydrogen) atoms. The first kappa shape index (κ1) is 14.1. The Kier molecular flexibility index (Phi) is 4.66. The van der Waals surface area contributed by atoms with Gasteiger partial charge in [0.05, 0.1) is 17.7 Å².